The molecule has 10 heteroatoms. The Morgan fingerprint density at radius 2 is 1.94 bits per heavy atom. The number of amides is 1. The van der Waals surface area contributed by atoms with Gasteiger partial charge in [-0.25, -0.2) is 9.97 Å². The van der Waals surface area contributed by atoms with Gasteiger partial charge in [-0.15, -0.1) is 11.3 Å². The van der Waals surface area contributed by atoms with Crippen LogP contribution in [0.5, 0.6) is 0 Å². The van der Waals surface area contributed by atoms with Crippen molar-refractivity contribution in [3.8, 4) is 0 Å². The van der Waals surface area contributed by atoms with Crippen LogP contribution >= 0.6 is 34.4 Å². The second-order valence-corrected chi connectivity index (χ2v) is 10.1. The highest BCUT2D eigenvalue weighted by Gasteiger charge is 2.11. The Bertz CT molecular complexity index is 1470. The lowest BCUT2D eigenvalue weighted by Gasteiger charge is -2.04. The Balaban J connectivity index is 1.32. The molecule has 0 bridgehead atoms. The molecule has 154 valence electrons. The number of nitrogens with zero attached hydrogens (tertiary/aromatic N) is 4. The van der Waals surface area contributed by atoms with Crippen molar-refractivity contribution in [1.82, 2.24) is 19.6 Å². The number of carbonyl (C=O) groups is 1. The van der Waals surface area contributed by atoms with Crippen molar-refractivity contribution in [3.05, 3.63) is 81.2 Å². The van der Waals surface area contributed by atoms with E-state index in [-0.39, 0.29) is 11.5 Å². The number of benzene rings is 2. The zero-order chi connectivity index (χ0) is 21.4. The number of carbonyl (C=O) groups excluding carboxylic acids is 1. The summed E-state index contributed by atoms with van der Waals surface area (Å²) in [6, 6.07) is 16.3. The molecule has 0 aliphatic carbocycles. The van der Waals surface area contributed by atoms with E-state index in [0.717, 1.165) is 25.3 Å². The summed E-state index contributed by atoms with van der Waals surface area (Å²) < 4.78 is 3.19. The van der Waals surface area contributed by atoms with Crippen LogP contribution in [0.4, 0.5) is 5.69 Å². The van der Waals surface area contributed by atoms with E-state index >= 15 is 0 Å². The van der Waals surface area contributed by atoms with Gasteiger partial charge in [-0.05, 0) is 37.3 Å². The first-order valence-electron chi connectivity index (χ1n) is 9.31. The van der Waals surface area contributed by atoms with Crippen LogP contribution in [-0.2, 0) is 5.75 Å². The van der Waals surface area contributed by atoms with Crippen LogP contribution in [-0.4, -0.2) is 25.5 Å². The average Bonchev–Trinajstić information content (AvgIpc) is 3.35. The van der Waals surface area contributed by atoms with Crippen molar-refractivity contribution in [2.75, 3.05) is 5.32 Å². The number of aromatic nitrogens is 4. The third-order valence-corrected chi connectivity index (χ3v) is 7.42. The smallest absolute Gasteiger partial charge is 0.275 e. The van der Waals surface area contributed by atoms with Gasteiger partial charge in [-0.3, -0.25) is 9.59 Å². The number of thiazole rings is 1. The summed E-state index contributed by atoms with van der Waals surface area (Å²) in [7, 11) is 0. The second-order valence-electron chi connectivity index (χ2n) is 6.67. The van der Waals surface area contributed by atoms with E-state index in [1.807, 2.05) is 43.3 Å². The van der Waals surface area contributed by atoms with Crippen LogP contribution in [0.15, 0.2) is 63.7 Å². The van der Waals surface area contributed by atoms with Crippen LogP contribution in [0.25, 0.3) is 15.2 Å². The number of thioether (sulfide) groups is 1. The minimum Gasteiger partial charge on any atom is -0.322 e. The lowest BCUT2D eigenvalue weighted by molar-refractivity contribution is 0.102. The fourth-order valence-corrected chi connectivity index (χ4v) is 5.76. The Labute approximate surface area is 188 Å². The van der Waals surface area contributed by atoms with Crippen LogP contribution in [0.1, 0.15) is 21.1 Å². The normalized spacial score (nSPS) is 11.3. The van der Waals surface area contributed by atoms with E-state index in [1.54, 1.807) is 23.5 Å². The van der Waals surface area contributed by atoms with Gasteiger partial charge >= 0.3 is 0 Å². The standard InChI is InChI=1S/C21H15N5O2S3/c1-12-25-26-18(27)10-15(23-20(26)30-12)11-29-21-24-16-8-7-14(9-17(16)31-21)22-19(28)13-5-3-2-4-6-13/h2-10H,11H2,1H3,(H,22,28). The highest BCUT2D eigenvalue weighted by molar-refractivity contribution is 8.00. The van der Waals surface area contributed by atoms with Crippen LogP contribution in [0.2, 0.25) is 0 Å². The van der Waals surface area contributed by atoms with Gasteiger partial charge < -0.3 is 5.32 Å². The lowest BCUT2D eigenvalue weighted by atomic mass is 10.2. The van der Waals surface area contributed by atoms with Crippen LogP contribution < -0.4 is 10.9 Å². The molecule has 0 saturated heterocycles. The Morgan fingerprint density at radius 3 is 2.77 bits per heavy atom. The van der Waals surface area contributed by atoms with E-state index in [0.29, 0.717) is 22.0 Å². The maximum atomic E-state index is 12.4. The third kappa shape index (κ3) is 4.22. The molecule has 0 atom stereocenters. The molecule has 0 spiro atoms. The summed E-state index contributed by atoms with van der Waals surface area (Å²) in [6.45, 7) is 1.85. The molecule has 7 nitrogen and oxygen atoms in total. The molecule has 0 radical (unpaired) electrons. The van der Waals surface area contributed by atoms with E-state index in [4.69, 9.17) is 0 Å². The van der Waals surface area contributed by atoms with Gasteiger partial charge in [-0.1, -0.05) is 41.3 Å². The maximum absolute atomic E-state index is 12.4. The van der Waals surface area contributed by atoms with Gasteiger partial charge in [0.15, 0.2) is 4.34 Å². The lowest BCUT2D eigenvalue weighted by Crippen LogP contribution is -2.15. The van der Waals surface area contributed by atoms with Crippen molar-refractivity contribution in [1.29, 1.82) is 0 Å². The maximum Gasteiger partial charge on any atom is 0.275 e. The van der Waals surface area contributed by atoms with Crippen molar-refractivity contribution in [2.45, 2.75) is 17.0 Å². The summed E-state index contributed by atoms with van der Waals surface area (Å²) in [5, 5.41) is 7.89. The molecule has 2 aromatic carbocycles. The van der Waals surface area contributed by atoms with E-state index in [2.05, 4.69) is 20.4 Å². The van der Waals surface area contributed by atoms with E-state index in [1.165, 1.54) is 33.7 Å². The predicted octanol–water partition coefficient (Wildman–Crippen LogP) is 4.61. The van der Waals surface area contributed by atoms with Gasteiger partial charge in [0.2, 0.25) is 4.96 Å². The van der Waals surface area contributed by atoms with E-state index in [9.17, 15) is 9.59 Å². The first-order chi connectivity index (χ1) is 15.0. The Morgan fingerprint density at radius 1 is 1.10 bits per heavy atom. The van der Waals surface area contributed by atoms with Crippen molar-refractivity contribution in [2.24, 2.45) is 0 Å². The summed E-state index contributed by atoms with van der Waals surface area (Å²) >= 11 is 4.47. The van der Waals surface area contributed by atoms with Crippen LogP contribution in [0.3, 0.4) is 0 Å². The molecule has 0 aliphatic heterocycles. The van der Waals surface area contributed by atoms with Crippen LogP contribution in [0, 0.1) is 6.92 Å². The number of nitrogens with one attached hydrogen (secondary N) is 1. The molecule has 5 aromatic rings. The summed E-state index contributed by atoms with van der Waals surface area (Å²) in [5.41, 5.74) is 2.73. The van der Waals surface area contributed by atoms with Gasteiger partial charge in [0.1, 0.15) is 5.01 Å². The molecule has 5 rings (SSSR count). The van der Waals surface area contributed by atoms with Crippen molar-refractivity contribution < 1.29 is 4.79 Å². The minimum atomic E-state index is -0.173. The summed E-state index contributed by atoms with van der Waals surface area (Å²) in [6.07, 6.45) is 0. The number of rotatable bonds is 5. The average molecular weight is 466 g/mol. The van der Waals surface area contributed by atoms with Crippen molar-refractivity contribution in [3.63, 3.8) is 0 Å². The molecule has 0 aliphatic rings. The number of hydrogen-bond donors (Lipinski definition) is 1. The molecule has 3 heterocycles. The summed E-state index contributed by atoms with van der Waals surface area (Å²) in [5.74, 6) is 0.394. The number of aryl methyl sites for hydroxylation is 1. The summed E-state index contributed by atoms with van der Waals surface area (Å²) in [4.78, 5) is 34.3. The van der Waals surface area contributed by atoms with E-state index < -0.39 is 0 Å². The monoisotopic (exact) mass is 465 g/mol. The fraction of sp³-hybridized carbons (Fsp3) is 0.0952. The highest BCUT2D eigenvalue weighted by atomic mass is 32.2. The number of anilines is 1. The van der Waals surface area contributed by atoms with Gasteiger partial charge in [-0.2, -0.15) is 9.61 Å². The first-order valence-corrected chi connectivity index (χ1v) is 11.9. The molecule has 0 fully saturated rings. The number of fused-ring (bicyclic) bond motifs is 2. The largest absolute Gasteiger partial charge is 0.322 e. The molecule has 1 N–H and O–H groups in total. The molecule has 3 aromatic heterocycles. The highest BCUT2D eigenvalue weighted by Crippen LogP contribution is 2.32. The predicted molar refractivity (Wildman–Crippen MR) is 125 cm³/mol. The molecular formula is C21H15N5O2S3. The topological polar surface area (TPSA) is 89.3 Å². The Kier molecular flexibility index (Phi) is 5.26. The molecule has 0 unspecified atom stereocenters. The molecule has 1 amide bonds. The number of hydrogen-bond acceptors (Lipinski definition) is 8. The SMILES string of the molecule is Cc1nn2c(=O)cc(CSc3nc4ccc(NC(=O)c5ccccc5)cc4s3)nc2s1. The van der Waals surface area contributed by atoms with Crippen molar-refractivity contribution >= 4 is 61.2 Å². The minimum absolute atomic E-state index is 0.148. The third-order valence-electron chi connectivity index (χ3n) is 4.41. The Hall–Kier alpha value is -3.08. The molecular weight excluding hydrogens is 450 g/mol. The second kappa shape index (κ2) is 8.22. The first kappa shape index (κ1) is 19.9. The fourth-order valence-electron chi connectivity index (χ4n) is 3.00. The molecule has 0 saturated carbocycles. The van der Waals surface area contributed by atoms with Gasteiger partial charge in [0.05, 0.1) is 15.9 Å². The molecule has 31 heavy (non-hydrogen) atoms. The zero-order valence-electron chi connectivity index (χ0n) is 16.2. The quantitative estimate of drug-likeness (QED) is 0.381. The van der Waals surface area contributed by atoms with Gasteiger partial charge in [0, 0.05) is 23.1 Å². The zero-order valence-corrected chi connectivity index (χ0v) is 18.7. The van der Waals surface area contributed by atoms with Gasteiger partial charge in [0.25, 0.3) is 11.5 Å².